The predicted molar refractivity (Wildman–Crippen MR) is 152 cm³/mol. The van der Waals surface area contributed by atoms with Crippen LogP contribution in [0.1, 0.15) is 22.4 Å². The Morgan fingerprint density at radius 3 is 2.57 bits per heavy atom. The molecule has 13 heteroatoms. The van der Waals surface area contributed by atoms with Gasteiger partial charge in [-0.2, -0.15) is 9.57 Å². The van der Waals surface area contributed by atoms with Gasteiger partial charge in [0.25, 0.3) is 0 Å². The van der Waals surface area contributed by atoms with Crippen LogP contribution in [0, 0.1) is 11.3 Å². The molecule has 0 bridgehead atoms. The molecule has 0 unspecified atom stereocenters. The Morgan fingerprint density at radius 1 is 1.16 bits per heavy atom. The standard InChI is InChI=1S/C24H29N7O2S.3ClH/c1-29(2)8-9-34(32,33)31-15-21-10-19(12-25)5-6-24(21)30(16-22-14-27-18-28-22)17-23(31)11-20-4-3-7-26-13-20;;;/h3-7,10,13-14,18,23H,8-9,11,15-17H2,1-2H3,(H,27,28);3*1H/t23-;;;/m1.../s1. The molecule has 1 aromatic carbocycles. The van der Waals surface area contributed by atoms with Crippen molar-refractivity contribution in [2.45, 2.75) is 25.6 Å². The zero-order chi connectivity index (χ0) is 24.1. The Balaban J connectivity index is 0.00000228. The first-order valence-corrected chi connectivity index (χ1v) is 12.7. The number of nitrogens with one attached hydrogen (secondary N) is 1. The van der Waals surface area contributed by atoms with Crippen molar-refractivity contribution in [3.8, 4) is 6.07 Å². The first-order chi connectivity index (χ1) is 16.4. The molecule has 202 valence electrons. The Kier molecular flexibility index (Phi) is 12.8. The minimum atomic E-state index is -3.58. The fraction of sp³-hybridized carbons (Fsp3) is 0.375. The highest BCUT2D eigenvalue weighted by Crippen LogP contribution is 2.32. The number of sulfonamides is 1. The second kappa shape index (κ2) is 14.5. The van der Waals surface area contributed by atoms with E-state index in [1.807, 2.05) is 37.2 Å². The van der Waals surface area contributed by atoms with Crippen molar-refractivity contribution in [3.05, 3.63) is 77.6 Å². The number of nitrogens with zero attached hydrogens (tertiary/aromatic N) is 6. The normalized spacial score (nSPS) is 15.4. The summed E-state index contributed by atoms with van der Waals surface area (Å²) in [5.74, 6) is 0.0252. The second-order valence-corrected chi connectivity index (χ2v) is 10.8. The quantitative estimate of drug-likeness (QED) is 0.430. The fourth-order valence-corrected chi connectivity index (χ4v) is 6.02. The van der Waals surface area contributed by atoms with E-state index in [9.17, 15) is 13.7 Å². The number of H-pyrrole nitrogens is 1. The number of fused-ring (bicyclic) bond motifs is 1. The molecule has 0 spiro atoms. The number of imidazole rings is 1. The molecule has 0 aliphatic carbocycles. The molecule has 2 aromatic heterocycles. The van der Waals surface area contributed by atoms with Crippen molar-refractivity contribution >= 4 is 52.9 Å². The average molecular weight is 589 g/mol. The van der Waals surface area contributed by atoms with E-state index in [4.69, 9.17) is 0 Å². The molecular weight excluding hydrogens is 557 g/mol. The molecule has 3 heterocycles. The third-order valence-electron chi connectivity index (χ3n) is 5.98. The van der Waals surface area contributed by atoms with E-state index in [-0.39, 0.29) is 55.6 Å². The Hall–Kier alpha value is -2.39. The van der Waals surface area contributed by atoms with Gasteiger partial charge < -0.3 is 14.8 Å². The van der Waals surface area contributed by atoms with Crippen LogP contribution in [0.25, 0.3) is 0 Å². The number of pyridine rings is 1. The van der Waals surface area contributed by atoms with Crippen molar-refractivity contribution < 1.29 is 8.42 Å². The van der Waals surface area contributed by atoms with Crippen LogP contribution in [0.15, 0.2) is 55.2 Å². The smallest absolute Gasteiger partial charge is 0.215 e. The Labute approximate surface area is 237 Å². The van der Waals surface area contributed by atoms with Gasteiger partial charge in [-0.3, -0.25) is 4.98 Å². The molecule has 0 amide bonds. The van der Waals surface area contributed by atoms with Crippen LogP contribution >= 0.6 is 37.2 Å². The number of hydrogen-bond acceptors (Lipinski definition) is 7. The largest absolute Gasteiger partial charge is 0.364 e. The molecule has 9 nitrogen and oxygen atoms in total. The molecule has 0 fully saturated rings. The molecule has 0 saturated carbocycles. The molecule has 1 aliphatic heterocycles. The summed E-state index contributed by atoms with van der Waals surface area (Å²) in [6, 6.07) is 11.2. The third-order valence-corrected chi connectivity index (χ3v) is 7.82. The van der Waals surface area contributed by atoms with Crippen LogP contribution in [0.5, 0.6) is 0 Å². The lowest BCUT2D eigenvalue weighted by Crippen LogP contribution is -2.47. The zero-order valence-electron chi connectivity index (χ0n) is 20.6. The van der Waals surface area contributed by atoms with E-state index in [2.05, 4.69) is 25.9 Å². The third kappa shape index (κ3) is 8.30. The van der Waals surface area contributed by atoms with Crippen LogP contribution in [0.2, 0.25) is 0 Å². The summed E-state index contributed by atoms with van der Waals surface area (Å²) >= 11 is 0. The summed E-state index contributed by atoms with van der Waals surface area (Å²) in [4.78, 5) is 15.5. The molecular formula is C24H32Cl3N7O2S. The van der Waals surface area contributed by atoms with E-state index in [0.717, 1.165) is 22.5 Å². The lowest BCUT2D eigenvalue weighted by molar-refractivity contribution is 0.314. The highest BCUT2D eigenvalue weighted by Gasteiger charge is 2.35. The van der Waals surface area contributed by atoms with Gasteiger partial charge in [-0.15, -0.1) is 37.2 Å². The number of aromatic amines is 1. The maximum atomic E-state index is 13.6. The van der Waals surface area contributed by atoms with Gasteiger partial charge >= 0.3 is 0 Å². The molecule has 0 radical (unpaired) electrons. The first kappa shape index (κ1) is 32.6. The number of anilines is 1. The van der Waals surface area contributed by atoms with E-state index < -0.39 is 10.0 Å². The molecule has 1 aliphatic rings. The summed E-state index contributed by atoms with van der Waals surface area (Å²) in [7, 11) is 0.156. The van der Waals surface area contributed by atoms with Gasteiger partial charge in [-0.1, -0.05) is 6.07 Å². The van der Waals surface area contributed by atoms with Crippen molar-refractivity contribution in [3.63, 3.8) is 0 Å². The maximum absolute atomic E-state index is 13.6. The first-order valence-electron chi connectivity index (χ1n) is 11.1. The zero-order valence-corrected chi connectivity index (χ0v) is 23.9. The van der Waals surface area contributed by atoms with E-state index in [1.165, 1.54) is 0 Å². The lowest BCUT2D eigenvalue weighted by atomic mass is 10.1. The SMILES string of the molecule is CN(C)CCS(=O)(=O)N1Cc2cc(C#N)ccc2N(Cc2cnc[nH]2)C[C@H]1Cc1cccnc1.Cl.Cl.Cl. The number of halogens is 3. The number of hydrogen-bond donors (Lipinski definition) is 1. The van der Waals surface area contributed by atoms with Crippen LogP contribution in [-0.2, 0) is 29.5 Å². The molecule has 4 rings (SSSR count). The van der Waals surface area contributed by atoms with Gasteiger partial charge in [0.1, 0.15) is 0 Å². The van der Waals surface area contributed by atoms with Gasteiger partial charge in [-0.05, 0) is 55.9 Å². The number of aromatic nitrogens is 3. The fourth-order valence-electron chi connectivity index (χ4n) is 4.26. The predicted octanol–water partition coefficient (Wildman–Crippen LogP) is 3.27. The molecule has 37 heavy (non-hydrogen) atoms. The number of rotatable bonds is 8. The minimum absolute atomic E-state index is 0. The van der Waals surface area contributed by atoms with Crippen LogP contribution in [-0.4, -0.2) is 71.6 Å². The summed E-state index contributed by atoms with van der Waals surface area (Å²) in [6.07, 6.45) is 7.45. The summed E-state index contributed by atoms with van der Waals surface area (Å²) < 4.78 is 28.9. The van der Waals surface area contributed by atoms with Gasteiger partial charge in [0, 0.05) is 50.0 Å². The van der Waals surface area contributed by atoms with Crippen molar-refractivity contribution in [2.24, 2.45) is 0 Å². The maximum Gasteiger partial charge on any atom is 0.215 e. The van der Waals surface area contributed by atoms with Crippen LogP contribution in [0.3, 0.4) is 0 Å². The van der Waals surface area contributed by atoms with E-state index in [0.29, 0.717) is 31.6 Å². The van der Waals surface area contributed by atoms with Crippen molar-refractivity contribution in [2.75, 3.05) is 37.8 Å². The van der Waals surface area contributed by atoms with Gasteiger partial charge in [-0.25, -0.2) is 13.4 Å². The van der Waals surface area contributed by atoms with Crippen molar-refractivity contribution in [1.29, 1.82) is 5.26 Å². The highest BCUT2D eigenvalue weighted by molar-refractivity contribution is 7.89. The molecule has 1 atom stereocenters. The second-order valence-electron chi connectivity index (χ2n) is 8.80. The van der Waals surface area contributed by atoms with E-state index in [1.54, 1.807) is 41.4 Å². The molecule has 1 N–H and O–H groups in total. The van der Waals surface area contributed by atoms with Gasteiger partial charge in [0.15, 0.2) is 0 Å². The minimum Gasteiger partial charge on any atom is -0.364 e. The monoisotopic (exact) mass is 587 g/mol. The summed E-state index contributed by atoms with van der Waals surface area (Å²) in [5.41, 5.74) is 4.16. The topological polar surface area (TPSA) is 109 Å². The number of nitriles is 1. The average Bonchev–Trinajstić information content (AvgIpc) is 3.28. The van der Waals surface area contributed by atoms with Crippen LogP contribution < -0.4 is 4.90 Å². The number of benzene rings is 1. The lowest BCUT2D eigenvalue weighted by Gasteiger charge is -2.32. The Morgan fingerprint density at radius 2 is 1.95 bits per heavy atom. The highest BCUT2D eigenvalue weighted by atomic mass is 35.5. The van der Waals surface area contributed by atoms with Gasteiger partial charge in [0.05, 0.1) is 36.0 Å². The summed E-state index contributed by atoms with van der Waals surface area (Å²) in [6.45, 7) is 1.69. The summed E-state index contributed by atoms with van der Waals surface area (Å²) in [5, 5.41) is 9.48. The van der Waals surface area contributed by atoms with Crippen molar-refractivity contribution in [1.82, 2.24) is 24.2 Å². The molecule has 3 aromatic rings. The van der Waals surface area contributed by atoms with Gasteiger partial charge in [0.2, 0.25) is 10.0 Å². The van der Waals surface area contributed by atoms with E-state index >= 15 is 0 Å². The van der Waals surface area contributed by atoms with Crippen LogP contribution in [0.4, 0.5) is 5.69 Å². The Bertz CT molecular complexity index is 1250. The molecule has 0 saturated heterocycles.